The molecule has 0 bridgehead atoms. The smallest absolute Gasteiger partial charge is 0.0656 e. The Morgan fingerprint density at radius 1 is 0.870 bits per heavy atom. The van der Waals surface area contributed by atoms with Gasteiger partial charge in [-0.25, -0.2) is 0 Å². The Bertz CT molecular complexity index is 505. The van der Waals surface area contributed by atoms with Crippen molar-refractivity contribution in [1.29, 1.82) is 5.26 Å². The molecule has 0 radical (unpaired) electrons. The summed E-state index contributed by atoms with van der Waals surface area (Å²) in [6.07, 6.45) is 14.6. The van der Waals surface area contributed by atoms with Crippen molar-refractivity contribution in [3.63, 3.8) is 0 Å². The van der Waals surface area contributed by atoms with Crippen LogP contribution in [-0.4, -0.2) is 0 Å². The van der Waals surface area contributed by atoms with E-state index in [-0.39, 0.29) is 5.92 Å². The highest BCUT2D eigenvalue weighted by molar-refractivity contribution is 5.10. The first-order valence-corrected chi connectivity index (χ1v) is 10.4. The van der Waals surface area contributed by atoms with Gasteiger partial charge >= 0.3 is 0 Å². The van der Waals surface area contributed by atoms with Crippen LogP contribution in [0.15, 0.2) is 0 Å². The molecular formula is C22H35N. The number of hydrogen-bond acceptors (Lipinski definition) is 1. The molecule has 1 heteroatoms. The van der Waals surface area contributed by atoms with Crippen molar-refractivity contribution < 1.29 is 0 Å². The minimum absolute atomic E-state index is 0.253. The fraction of sp³-hybridized carbons (Fsp3) is 0.955. The molecule has 0 aromatic heterocycles. The highest BCUT2D eigenvalue weighted by Gasteiger charge is 2.60. The lowest BCUT2D eigenvalue weighted by molar-refractivity contribution is -0.112. The molecule has 4 saturated carbocycles. The molecule has 4 aliphatic rings. The molecule has 0 aliphatic heterocycles. The highest BCUT2D eigenvalue weighted by atomic mass is 14.6. The first kappa shape index (κ1) is 16.0. The molecule has 0 spiro atoms. The van der Waals surface area contributed by atoms with Gasteiger partial charge in [-0.1, -0.05) is 26.7 Å². The summed E-state index contributed by atoms with van der Waals surface area (Å²) in [5, 5.41) is 9.48. The summed E-state index contributed by atoms with van der Waals surface area (Å²) in [5.41, 5.74) is 1.12. The van der Waals surface area contributed by atoms with Crippen LogP contribution in [0.25, 0.3) is 0 Å². The van der Waals surface area contributed by atoms with Crippen molar-refractivity contribution in [2.24, 2.45) is 46.3 Å². The van der Waals surface area contributed by atoms with Gasteiger partial charge in [0.25, 0.3) is 0 Å². The molecule has 2 unspecified atom stereocenters. The average molecular weight is 314 g/mol. The summed E-state index contributed by atoms with van der Waals surface area (Å²) in [5.74, 6) is 4.83. The summed E-state index contributed by atoms with van der Waals surface area (Å²) in [7, 11) is 0. The summed E-state index contributed by atoms with van der Waals surface area (Å²) in [4.78, 5) is 0. The number of nitriles is 1. The first-order chi connectivity index (χ1) is 11.0. The van der Waals surface area contributed by atoms with Crippen LogP contribution in [0.4, 0.5) is 0 Å². The maximum Gasteiger partial charge on any atom is 0.0656 e. The summed E-state index contributed by atoms with van der Waals surface area (Å²) < 4.78 is 0. The molecule has 0 heterocycles. The predicted octanol–water partition coefficient (Wildman–Crippen LogP) is 6.20. The van der Waals surface area contributed by atoms with Crippen LogP contribution in [0, 0.1) is 57.7 Å². The second kappa shape index (κ2) is 5.50. The van der Waals surface area contributed by atoms with Gasteiger partial charge in [0.05, 0.1) is 6.07 Å². The van der Waals surface area contributed by atoms with Gasteiger partial charge in [-0.3, -0.25) is 0 Å². The van der Waals surface area contributed by atoms with E-state index in [1.54, 1.807) is 0 Å². The maximum atomic E-state index is 9.48. The molecule has 0 aromatic rings. The van der Waals surface area contributed by atoms with Gasteiger partial charge in [0.1, 0.15) is 0 Å². The zero-order chi connectivity index (χ0) is 16.2. The van der Waals surface area contributed by atoms with Crippen molar-refractivity contribution in [2.75, 3.05) is 0 Å². The van der Waals surface area contributed by atoms with Crippen molar-refractivity contribution in [3.05, 3.63) is 0 Å². The predicted molar refractivity (Wildman–Crippen MR) is 94.6 cm³/mol. The third-order valence-corrected chi connectivity index (χ3v) is 9.46. The molecule has 0 N–H and O–H groups in total. The van der Waals surface area contributed by atoms with E-state index in [1.165, 1.54) is 64.2 Å². The average Bonchev–Trinajstić information content (AvgIpc) is 2.91. The van der Waals surface area contributed by atoms with Crippen molar-refractivity contribution >= 4 is 0 Å². The lowest BCUT2D eigenvalue weighted by Gasteiger charge is -2.60. The van der Waals surface area contributed by atoms with Gasteiger partial charge in [-0.15, -0.1) is 0 Å². The van der Waals surface area contributed by atoms with Crippen LogP contribution < -0.4 is 0 Å². The quantitative estimate of drug-likeness (QED) is 0.565. The minimum atomic E-state index is 0.253. The number of nitrogens with zero attached hydrogens (tertiary/aromatic N) is 1. The molecule has 8 atom stereocenters. The highest BCUT2D eigenvalue weighted by Crippen LogP contribution is 2.68. The monoisotopic (exact) mass is 313 g/mol. The largest absolute Gasteiger partial charge is 0.198 e. The Hall–Kier alpha value is -0.510. The molecule has 23 heavy (non-hydrogen) atoms. The van der Waals surface area contributed by atoms with Crippen LogP contribution >= 0.6 is 0 Å². The molecule has 4 fully saturated rings. The van der Waals surface area contributed by atoms with E-state index >= 15 is 0 Å². The fourth-order valence-corrected chi connectivity index (χ4v) is 8.25. The second-order valence-electron chi connectivity index (χ2n) is 10.0. The second-order valence-corrected chi connectivity index (χ2v) is 10.0. The van der Waals surface area contributed by atoms with E-state index in [0.717, 1.165) is 23.7 Å². The van der Waals surface area contributed by atoms with E-state index < -0.39 is 0 Å². The summed E-state index contributed by atoms with van der Waals surface area (Å²) in [6, 6.07) is 2.59. The number of rotatable bonds is 1. The molecule has 4 aliphatic carbocycles. The zero-order valence-electron chi connectivity index (χ0n) is 15.5. The number of fused-ring (bicyclic) bond motifs is 5. The molecule has 128 valence electrons. The molecule has 0 amide bonds. The Morgan fingerprint density at radius 3 is 2.43 bits per heavy atom. The third-order valence-electron chi connectivity index (χ3n) is 9.46. The standard InChI is InChI=1S/C22H35N/c1-15(14-23)18-9-10-19-17-8-7-16-6-4-5-12-21(16,2)20(17)11-13-22(18,19)3/h15-20H,4-13H2,1-3H3/t15?,16?,17-,18+,19-,20-,21-,22+/m0/s1. The van der Waals surface area contributed by atoms with E-state index in [2.05, 4.69) is 26.8 Å². The van der Waals surface area contributed by atoms with Crippen molar-refractivity contribution in [2.45, 2.75) is 85.0 Å². The molecule has 0 aromatic carbocycles. The van der Waals surface area contributed by atoms with Crippen LogP contribution in [-0.2, 0) is 0 Å². The maximum absolute atomic E-state index is 9.48. The lowest BCUT2D eigenvalue weighted by Crippen LogP contribution is -2.53. The first-order valence-electron chi connectivity index (χ1n) is 10.4. The van der Waals surface area contributed by atoms with Crippen molar-refractivity contribution in [1.82, 2.24) is 0 Å². The zero-order valence-corrected chi connectivity index (χ0v) is 15.5. The van der Waals surface area contributed by atoms with E-state index in [4.69, 9.17) is 0 Å². The van der Waals surface area contributed by atoms with Crippen LogP contribution in [0.5, 0.6) is 0 Å². The molecule has 0 saturated heterocycles. The Morgan fingerprint density at radius 2 is 1.65 bits per heavy atom. The van der Waals surface area contributed by atoms with E-state index in [9.17, 15) is 5.26 Å². The van der Waals surface area contributed by atoms with Gasteiger partial charge in [-0.05, 0) is 98.7 Å². The van der Waals surface area contributed by atoms with Gasteiger partial charge in [-0.2, -0.15) is 5.26 Å². The minimum Gasteiger partial charge on any atom is -0.198 e. The third kappa shape index (κ3) is 2.16. The molecule has 4 rings (SSSR count). The van der Waals surface area contributed by atoms with Crippen LogP contribution in [0.2, 0.25) is 0 Å². The normalized spacial score (nSPS) is 53.6. The summed E-state index contributed by atoms with van der Waals surface area (Å²) >= 11 is 0. The Kier molecular flexibility index (Phi) is 3.82. The molecular weight excluding hydrogens is 278 g/mol. The molecule has 1 nitrogen and oxygen atoms in total. The Labute approximate surface area is 143 Å². The SMILES string of the molecule is CC(C#N)[C@H]1CC[C@H]2[C@@H]3CCC4CCCC[C@]4(C)[C@H]3CC[C@]12C. The topological polar surface area (TPSA) is 23.8 Å². The van der Waals surface area contributed by atoms with Crippen molar-refractivity contribution in [3.8, 4) is 6.07 Å². The van der Waals surface area contributed by atoms with Crippen LogP contribution in [0.3, 0.4) is 0 Å². The van der Waals surface area contributed by atoms with Crippen LogP contribution in [0.1, 0.15) is 85.0 Å². The van der Waals surface area contributed by atoms with E-state index in [0.29, 0.717) is 16.7 Å². The lowest BCUT2D eigenvalue weighted by atomic mass is 9.44. The Balaban J connectivity index is 1.62. The van der Waals surface area contributed by atoms with Gasteiger partial charge in [0.2, 0.25) is 0 Å². The number of hydrogen-bond donors (Lipinski definition) is 0. The summed E-state index contributed by atoms with van der Waals surface area (Å²) in [6.45, 7) is 7.42. The fourth-order valence-electron chi connectivity index (χ4n) is 8.25. The van der Waals surface area contributed by atoms with Gasteiger partial charge in [0.15, 0.2) is 0 Å². The van der Waals surface area contributed by atoms with Gasteiger partial charge in [0, 0.05) is 5.92 Å². The van der Waals surface area contributed by atoms with Gasteiger partial charge < -0.3 is 0 Å². The van der Waals surface area contributed by atoms with E-state index in [1.807, 2.05) is 0 Å².